The first-order valence-corrected chi connectivity index (χ1v) is 19.2. The zero-order chi connectivity index (χ0) is 27.2. The molecule has 0 heterocycles. The maximum Gasteiger partial charge on any atom is 0.0199 e. The van der Waals surface area contributed by atoms with Gasteiger partial charge in [0.05, 0.1) is 0 Å². The first-order valence-electron chi connectivity index (χ1n) is 17.0. The molecule has 2 aromatic rings. The monoisotopic (exact) mass is 570 g/mol. The quantitative estimate of drug-likeness (QED) is 0.298. The van der Waals surface area contributed by atoms with E-state index in [1.807, 2.05) is 5.30 Å². The van der Waals surface area contributed by atoms with E-state index in [1.165, 1.54) is 0 Å². The lowest BCUT2D eigenvalue weighted by atomic mass is 9.55. The van der Waals surface area contributed by atoms with Crippen LogP contribution < -0.4 is 5.30 Å². The van der Waals surface area contributed by atoms with Gasteiger partial charge in [0.15, 0.2) is 0 Å². The average Bonchev–Trinajstić information content (AvgIpc) is 2.88. The Bertz CT molecular complexity index is 1130. The summed E-state index contributed by atoms with van der Waals surface area (Å²) in [6.45, 7) is 9.58. The standard InChI is InChI=1S/C38H51PS/c1-24(2)32-8-7-9-33(25(3)4)36(32)40-35-11-6-5-10-34(35)39(37-18-26-12-27(19-37)14-28(13-26)20-37)38-21-29-15-30(22-38)17-31(16-29)23-38/h5-11,24-31H,12-23H2,1-4H3. The van der Waals surface area contributed by atoms with Crippen LogP contribution in [-0.2, 0) is 0 Å². The van der Waals surface area contributed by atoms with Gasteiger partial charge in [0, 0.05) is 9.79 Å². The molecule has 0 aliphatic heterocycles. The highest BCUT2D eigenvalue weighted by molar-refractivity contribution is 8.00. The zero-order valence-corrected chi connectivity index (χ0v) is 27.2. The highest BCUT2D eigenvalue weighted by Gasteiger charge is 2.63. The van der Waals surface area contributed by atoms with Crippen molar-refractivity contribution in [2.24, 2.45) is 35.5 Å². The van der Waals surface area contributed by atoms with Gasteiger partial charge in [-0.15, -0.1) is 0 Å². The Morgan fingerprint density at radius 1 is 0.575 bits per heavy atom. The van der Waals surface area contributed by atoms with Crippen molar-refractivity contribution in [3.05, 3.63) is 53.6 Å². The minimum Gasteiger partial charge on any atom is -0.0888 e. The van der Waals surface area contributed by atoms with E-state index in [-0.39, 0.29) is 7.92 Å². The maximum absolute atomic E-state index is 2.68. The van der Waals surface area contributed by atoms with Crippen molar-refractivity contribution in [2.45, 2.75) is 137 Å². The summed E-state index contributed by atoms with van der Waals surface area (Å²) in [5.74, 6) is 7.36. The molecule has 0 nitrogen and oxygen atoms in total. The molecule has 0 atom stereocenters. The van der Waals surface area contributed by atoms with Gasteiger partial charge in [-0.2, -0.15) is 0 Å². The highest BCUT2D eigenvalue weighted by atomic mass is 32.2. The fourth-order valence-electron chi connectivity index (χ4n) is 12.1. The van der Waals surface area contributed by atoms with Crippen LogP contribution in [0.1, 0.15) is 128 Å². The first-order chi connectivity index (χ1) is 19.3. The molecule has 8 saturated carbocycles. The lowest BCUT2D eigenvalue weighted by Crippen LogP contribution is -2.58. The zero-order valence-electron chi connectivity index (χ0n) is 25.5. The molecule has 8 bridgehead atoms. The van der Waals surface area contributed by atoms with Gasteiger partial charge in [0.25, 0.3) is 0 Å². The van der Waals surface area contributed by atoms with Gasteiger partial charge < -0.3 is 0 Å². The van der Waals surface area contributed by atoms with Gasteiger partial charge >= 0.3 is 0 Å². The second kappa shape index (κ2) is 9.88. The molecular weight excluding hydrogens is 519 g/mol. The van der Waals surface area contributed by atoms with Crippen molar-refractivity contribution < 1.29 is 0 Å². The molecule has 10 rings (SSSR count). The largest absolute Gasteiger partial charge is 0.0888 e. The average molecular weight is 571 g/mol. The van der Waals surface area contributed by atoms with Crippen molar-refractivity contribution in [3.63, 3.8) is 0 Å². The molecule has 0 aromatic heterocycles. The Balaban J connectivity index is 1.28. The molecule has 8 fully saturated rings. The van der Waals surface area contributed by atoms with E-state index in [0.29, 0.717) is 22.1 Å². The Hall–Kier alpha value is -0.780. The minimum atomic E-state index is -0.192. The molecule has 0 spiro atoms. The van der Waals surface area contributed by atoms with E-state index in [0.717, 1.165) is 35.5 Å². The van der Waals surface area contributed by atoms with Crippen LogP contribution in [0.2, 0.25) is 0 Å². The second-order valence-electron chi connectivity index (χ2n) is 16.3. The summed E-state index contributed by atoms with van der Waals surface area (Å²) in [6, 6.07) is 17.2. The fraction of sp³-hybridized carbons (Fsp3) is 0.684. The molecular formula is C38H51PS. The molecule has 2 aromatic carbocycles. The summed E-state index contributed by atoms with van der Waals surface area (Å²) in [5, 5.41) is 3.11. The van der Waals surface area contributed by atoms with E-state index >= 15 is 0 Å². The number of benzene rings is 2. The van der Waals surface area contributed by atoms with Crippen LogP contribution in [-0.4, -0.2) is 10.3 Å². The number of hydrogen-bond acceptors (Lipinski definition) is 1. The van der Waals surface area contributed by atoms with E-state index in [9.17, 15) is 0 Å². The van der Waals surface area contributed by atoms with Crippen molar-refractivity contribution in [1.82, 2.24) is 0 Å². The Labute approximate surface area is 250 Å². The van der Waals surface area contributed by atoms with Crippen LogP contribution in [0.4, 0.5) is 0 Å². The molecule has 8 aliphatic carbocycles. The third-order valence-electron chi connectivity index (χ3n) is 12.6. The normalized spacial score (nSPS) is 40.0. The third-order valence-corrected chi connectivity index (χ3v) is 17.9. The molecule has 0 N–H and O–H groups in total. The molecule has 40 heavy (non-hydrogen) atoms. The Morgan fingerprint density at radius 3 is 1.38 bits per heavy atom. The summed E-state index contributed by atoms with van der Waals surface area (Å²) in [7, 11) is -0.192. The number of hydrogen-bond donors (Lipinski definition) is 0. The first kappa shape index (κ1) is 26.8. The van der Waals surface area contributed by atoms with Crippen LogP contribution in [0.3, 0.4) is 0 Å². The van der Waals surface area contributed by atoms with Gasteiger partial charge in [-0.05, 0) is 157 Å². The van der Waals surface area contributed by atoms with Crippen LogP contribution in [0.15, 0.2) is 52.3 Å². The van der Waals surface area contributed by atoms with Crippen molar-refractivity contribution in [2.75, 3.05) is 0 Å². The van der Waals surface area contributed by atoms with Crippen LogP contribution in [0.25, 0.3) is 0 Å². The van der Waals surface area contributed by atoms with Gasteiger partial charge in [-0.3, -0.25) is 0 Å². The van der Waals surface area contributed by atoms with Gasteiger partial charge in [-0.1, -0.05) is 83.8 Å². The number of rotatable bonds is 7. The van der Waals surface area contributed by atoms with E-state index in [1.54, 1.807) is 98.0 Å². The smallest absolute Gasteiger partial charge is 0.0199 e. The summed E-state index contributed by atoms with van der Waals surface area (Å²) < 4.78 is 0. The van der Waals surface area contributed by atoms with Gasteiger partial charge in [0.2, 0.25) is 0 Å². The van der Waals surface area contributed by atoms with Crippen molar-refractivity contribution in [1.29, 1.82) is 0 Å². The van der Waals surface area contributed by atoms with Crippen LogP contribution in [0.5, 0.6) is 0 Å². The molecule has 0 saturated heterocycles. The topological polar surface area (TPSA) is 0 Å². The predicted molar refractivity (Wildman–Crippen MR) is 174 cm³/mol. The molecule has 214 valence electrons. The summed E-state index contributed by atoms with van der Waals surface area (Å²) in [5.41, 5.74) is 3.11. The molecule has 0 amide bonds. The third kappa shape index (κ3) is 4.33. The van der Waals surface area contributed by atoms with Gasteiger partial charge in [-0.25, -0.2) is 0 Å². The molecule has 8 aliphatic rings. The SMILES string of the molecule is CC(C)c1cccc(C(C)C)c1Sc1ccccc1P(C12CC3CC(CC(C3)C1)C2)C12CC3CC(CC(C3)C1)C2. The second-order valence-corrected chi connectivity index (χ2v) is 20.4. The van der Waals surface area contributed by atoms with E-state index in [4.69, 9.17) is 0 Å². The van der Waals surface area contributed by atoms with Crippen LogP contribution in [0, 0.1) is 35.5 Å². The van der Waals surface area contributed by atoms with E-state index in [2.05, 4.69) is 81.9 Å². The lowest BCUT2D eigenvalue weighted by Gasteiger charge is -2.67. The lowest BCUT2D eigenvalue weighted by molar-refractivity contribution is 0.0195. The highest BCUT2D eigenvalue weighted by Crippen LogP contribution is 2.78. The fourth-order valence-corrected chi connectivity index (χ4v) is 19.1. The summed E-state index contributed by atoms with van der Waals surface area (Å²) >= 11 is 2.18. The van der Waals surface area contributed by atoms with E-state index < -0.39 is 0 Å². The molecule has 0 unspecified atom stereocenters. The van der Waals surface area contributed by atoms with Gasteiger partial charge in [0.1, 0.15) is 0 Å². The maximum atomic E-state index is 2.68. The molecule has 2 heteroatoms. The van der Waals surface area contributed by atoms with Crippen LogP contribution >= 0.6 is 19.7 Å². The Morgan fingerprint density at radius 2 is 0.975 bits per heavy atom. The molecule has 0 radical (unpaired) electrons. The predicted octanol–water partition coefficient (Wildman–Crippen LogP) is 11.1. The van der Waals surface area contributed by atoms with Crippen molar-refractivity contribution in [3.8, 4) is 0 Å². The summed E-state index contributed by atoms with van der Waals surface area (Å²) in [4.78, 5) is 3.21. The van der Waals surface area contributed by atoms with Crippen molar-refractivity contribution >= 4 is 25.0 Å². The summed E-state index contributed by atoms with van der Waals surface area (Å²) in [6.07, 6.45) is 18.9. The minimum absolute atomic E-state index is 0.192. The Kier molecular flexibility index (Phi) is 6.62.